The second-order valence-corrected chi connectivity index (χ2v) is 22.7. The Morgan fingerprint density at radius 3 is 0.808 bits per heavy atom. The van der Waals surface area contributed by atoms with Gasteiger partial charge < -0.3 is 14.2 Å². The zero-order chi connectivity index (χ0) is 56.4. The summed E-state index contributed by atoms with van der Waals surface area (Å²) in [7, 11) is 0. The molecule has 0 aromatic heterocycles. The Hall–Kier alpha value is -3.15. The van der Waals surface area contributed by atoms with Gasteiger partial charge in [-0.3, -0.25) is 14.4 Å². The topological polar surface area (TPSA) is 78.9 Å². The van der Waals surface area contributed by atoms with Gasteiger partial charge in [0.2, 0.25) is 0 Å². The molecule has 0 aliphatic rings. The molecule has 6 heteroatoms. The lowest BCUT2D eigenvalue weighted by Gasteiger charge is -2.18. The van der Waals surface area contributed by atoms with Crippen LogP contribution in [-0.2, 0) is 28.6 Å². The molecule has 0 amide bonds. The maximum Gasteiger partial charge on any atom is 0.306 e. The predicted octanol–water partition coefficient (Wildman–Crippen LogP) is 23.3. The second-order valence-electron chi connectivity index (χ2n) is 22.7. The molecule has 0 aliphatic carbocycles. The van der Waals surface area contributed by atoms with Crippen molar-refractivity contribution in [3.05, 3.63) is 72.9 Å². The maximum atomic E-state index is 12.9. The van der Waals surface area contributed by atoms with Gasteiger partial charge in [0.1, 0.15) is 13.2 Å². The van der Waals surface area contributed by atoms with Gasteiger partial charge in [-0.1, -0.05) is 312 Å². The Kier molecular flexibility index (Phi) is 63.7. The molecule has 0 saturated heterocycles. The summed E-state index contributed by atoms with van der Waals surface area (Å²) in [5.74, 6) is -0.905. The highest BCUT2D eigenvalue weighted by molar-refractivity contribution is 5.71. The standard InChI is InChI=1S/C72H128O6/c1-4-7-10-13-16-19-22-25-28-31-33-34-35-36-37-39-41-44-47-50-53-56-59-62-65-71(74)77-68-69(67-76-70(73)64-61-58-55-52-49-46-43-40-30-27-24-21-18-15-12-9-6-3)78-72(75)66-63-60-57-54-51-48-45-42-38-32-29-26-23-20-17-14-11-8-5-2/h8,11,17,20,26-27,29-30,38,42,48,51,69H,4-7,9-10,12-16,18-19,21-25,28,31-37,39-41,43-47,49-50,52-68H2,1-3H3/b11-8-,20-17-,29-26-,30-27-,42-38-,51-48-. The molecule has 1 atom stereocenters. The highest BCUT2D eigenvalue weighted by Crippen LogP contribution is 2.18. The van der Waals surface area contributed by atoms with Gasteiger partial charge in [-0.05, 0) is 89.9 Å². The lowest BCUT2D eigenvalue weighted by atomic mass is 10.0. The Morgan fingerprint density at radius 2 is 0.500 bits per heavy atom. The van der Waals surface area contributed by atoms with E-state index in [4.69, 9.17) is 14.2 Å². The Balaban J connectivity index is 4.36. The van der Waals surface area contributed by atoms with Crippen LogP contribution in [-0.4, -0.2) is 37.2 Å². The van der Waals surface area contributed by atoms with Crippen LogP contribution in [0.25, 0.3) is 0 Å². The van der Waals surface area contributed by atoms with Crippen molar-refractivity contribution in [1.29, 1.82) is 0 Å². The fourth-order valence-electron chi connectivity index (χ4n) is 9.88. The summed E-state index contributed by atoms with van der Waals surface area (Å²) < 4.78 is 16.9. The summed E-state index contributed by atoms with van der Waals surface area (Å²) in [6.45, 7) is 6.55. The second kappa shape index (κ2) is 66.4. The highest BCUT2D eigenvalue weighted by atomic mass is 16.6. The van der Waals surface area contributed by atoms with Crippen LogP contribution >= 0.6 is 0 Å². The van der Waals surface area contributed by atoms with Crippen molar-refractivity contribution < 1.29 is 28.6 Å². The van der Waals surface area contributed by atoms with Crippen molar-refractivity contribution in [2.45, 2.75) is 354 Å². The number of rotatable bonds is 62. The molecule has 0 heterocycles. The van der Waals surface area contributed by atoms with Crippen LogP contribution in [0.15, 0.2) is 72.9 Å². The first-order valence-electron chi connectivity index (χ1n) is 33.9. The molecule has 78 heavy (non-hydrogen) atoms. The minimum atomic E-state index is -0.795. The Bertz CT molecular complexity index is 1440. The van der Waals surface area contributed by atoms with Crippen LogP contribution in [0.4, 0.5) is 0 Å². The third-order valence-electron chi connectivity index (χ3n) is 14.9. The van der Waals surface area contributed by atoms with E-state index in [0.29, 0.717) is 19.3 Å². The molecule has 0 aliphatic heterocycles. The molecule has 1 unspecified atom stereocenters. The van der Waals surface area contributed by atoms with E-state index in [2.05, 4.69) is 93.7 Å². The molecule has 0 N–H and O–H groups in total. The van der Waals surface area contributed by atoms with Crippen molar-refractivity contribution in [2.24, 2.45) is 0 Å². The van der Waals surface area contributed by atoms with Crippen LogP contribution in [0, 0.1) is 0 Å². The third-order valence-corrected chi connectivity index (χ3v) is 14.9. The number of esters is 3. The summed E-state index contributed by atoms with van der Waals surface area (Å²) in [5, 5.41) is 0. The Labute approximate surface area is 484 Å². The van der Waals surface area contributed by atoms with Crippen molar-refractivity contribution in [2.75, 3.05) is 13.2 Å². The largest absolute Gasteiger partial charge is 0.462 e. The molecule has 0 radical (unpaired) electrons. The summed E-state index contributed by atoms with van der Waals surface area (Å²) in [4.78, 5) is 38.4. The van der Waals surface area contributed by atoms with Gasteiger partial charge in [-0.15, -0.1) is 0 Å². The highest BCUT2D eigenvalue weighted by Gasteiger charge is 2.19. The summed E-state index contributed by atoms with van der Waals surface area (Å²) in [6.07, 6.45) is 86.3. The lowest BCUT2D eigenvalue weighted by Crippen LogP contribution is -2.30. The van der Waals surface area contributed by atoms with Gasteiger partial charge in [-0.25, -0.2) is 0 Å². The normalized spacial score (nSPS) is 12.5. The number of allylic oxidation sites excluding steroid dienone is 12. The van der Waals surface area contributed by atoms with E-state index in [0.717, 1.165) is 96.3 Å². The average molecular weight is 1090 g/mol. The molecule has 452 valence electrons. The zero-order valence-corrected chi connectivity index (χ0v) is 51.9. The van der Waals surface area contributed by atoms with Gasteiger partial charge in [-0.2, -0.15) is 0 Å². The first-order valence-corrected chi connectivity index (χ1v) is 33.9. The Morgan fingerprint density at radius 1 is 0.269 bits per heavy atom. The van der Waals surface area contributed by atoms with E-state index in [-0.39, 0.29) is 31.1 Å². The van der Waals surface area contributed by atoms with Crippen LogP contribution in [0.2, 0.25) is 0 Å². The fourth-order valence-corrected chi connectivity index (χ4v) is 9.88. The monoisotopic (exact) mass is 1090 g/mol. The van der Waals surface area contributed by atoms with E-state index < -0.39 is 6.10 Å². The average Bonchev–Trinajstić information content (AvgIpc) is 3.44. The molecule has 0 bridgehead atoms. The van der Waals surface area contributed by atoms with Gasteiger partial charge in [0.05, 0.1) is 0 Å². The maximum absolute atomic E-state index is 12.9. The SMILES string of the molecule is CC/C=C\C/C=C\C/C=C\C/C=C\C/C=C\CCCCCC(=O)OC(COC(=O)CCCCCCCCC/C=C\CCCCCCCC)COC(=O)CCCCCCCCCCCCCCCCCCCCCCCCCC. The number of ether oxygens (including phenoxy) is 3. The number of carbonyl (C=O) groups excluding carboxylic acids is 3. The summed E-state index contributed by atoms with van der Waals surface area (Å²) >= 11 is 0. The molecule has 0 fully saturated rings. The van der Waals surface area contributed by atoms with Crippen molar-refractivity contribution >= 4 is 17.9 Å². The molecule has 0 aromatic rings. The number of hydrogen-bond donors (Lipinski definition) is 0. The van der Waals surface area contributed by atoms with E-state index >= 15 is 0 Å². The van der Waals surface area contributed by atoms with E-state index in [1.165, 1.54) is 212 Å². The van der Waals surface area contributed by atoms with Crippen molar-refractivity contribution in [3.63, 3.8) is 0 Å². The zero-order valence-electron chi connectivity index (χ0n) is 51.9. The van der Waals surface area contributed by atoms with E-state index in [1.54, 1.807) is 0 Å². The first kappa shape index (κ1) is 74.8. The van der Waals surface area contributed by atoms with E-state index in [1.807, 2.05) is 0 Å². The van der Waals surface area contributed by atoms with Crippen molar-refractivity contribution in [1.82, 2.24) is 0 Å². The molecule has 6 nitrogen and oxygen atoms in total. The molecular weight excluding hydrogens is 961 g/mol. The molecule has 0 saturated carbocycles. The fraction of sp³-hybridized carbons (Fsp3) is 0.792. The third kappa shape index (κ3) is 63.7. The summed E-state index contributed by atoms with van der Waals surface area (Å²) in [6, 6.07) is 0. The van der Waals surface area contributed by atoms with Crippen LogP contribution < -0.4 is 0 Å². The number of unbranched alkanes of at least 4 members (excludes halogenated alkanes) is 39. The van der Waals surface area contributed by atoms with Crippen molar-refractivity contribution in [3.8, 4) is 0 Å². The van der Waals surface area contributed by atoms with Gasteiger partial charge in [0.25, 0.3) is 0 Å². The molecule has 0 spiro atoms. The smallest absolute Gasteiger partial charge is 0.306 e. The molecular formula is C72H128O6. The minimum Gasteiger partial charge on any atom is -0.462 e. The lowest BCUT2D eigenvalue weighted by molar-refractivity contribution is -0.167. The molecule has 0 rings (SSSR count). The van der Waals surface area contributed by atoms with Gasteiger partial charge in [0.15, 0.2) is 6.10 Å². The summed E-state index contributed by atoms with van der Waals surface area (Å²) in [5.41, 5.74) is 0. The number of carbonyl (C=O) groups is 3. The van der Waals surface area contributed by atoms with Gasteiger partial charge in [0, 0.05) is 19.3 Å². The van der Waals surface area contributed by atoms with Crippen LogP contribution in [0.1, 0.15) is 348 Å². The number of hydrogen-bond acceptors (Lipinski definition) is 6. The quantitative estimate of drug-likeness (QED) is 0.0261. The predicted molar refractivity (Wildman–Crippen MR) is 339 cm³/mol. The minimum absolute atomic E-state index is 0.0871. The van der Waals surface area contributed by atoms with Crippen LogP contribution in [0.5, 0.6) is 0 Å². The van der Waals surface area contributed by atoms with Crippen LogP contribution in [0.3, 0.4) is 0 Å². The van der Waals surface area contributed by atoms with Gasteiger partial charge >= 0.3 is 17.9 Å². The van der Waals surface area contributed by atoms with E-state index in [9.17, 15) is 14.4 Å². The first-order chi connectivity index (χ1) is 38.5. The molecule has 0 aromatic carbocycles.